The van der Waals surface area contributed by atoms with Crippen LogP contribution in [-0.2, 0) is 4.74 Å². The summed E-state index contributed by atoms with van der Waals surface area (Å²) < 4.78 is 41.3. The van der Waals surface area contributed by atoms with Gasteiger partial charge < -0.3 is 9.84 Å². The lowest BCUT2D eigenvalue weighted by Crippen LogP contribution is -2.17. The highest BCUT2D eigenvalue weighted by molar-refractivity contribution is 5.91. The minimum atomic E-state index is -4.50. The van der Waals surface area contributed by atoms with Crippen molar-refractivity contribution in [3.63, 3.8) is 0 Å². The van der Waals surface area contributed by atoms with Crippen LogP contribution in [0.2, 0.25) is 0 Å². The standard InChI is InChI=1S/C12H13F3O3/c1-2-18-11(17)9-6-4-3-5-8(9)10(16)7-12(13,14)15/h3-6,10,16H,2,7H2,1H3. The molecule has 0 saturated carbocycles. The Morgan fingerprint density at radius 2 is 2.00 bits per heavy atom. The van der Waals surface area contributed by atoms with Gasteiger partial charge in [0.25, 0.3) is 0 Å². The summed E-state index contributed by atoms with van der Waals surface area (Å²) in [4.78, 5) is 11.5. The molecule has 1 aromatic rings. The number of benzene rings is 1. The molecule has 100 valence electrons. The van der Waals surface area contributed by atoms with E-state index in [1.54, 1.807) is 6.92 Å². The summed E-state index contributed by atoms with van der Waals surface area (Å²) in [7, 11) is 0. The van der Waals surface area contributed by atoms with E-state index in [0.717, 1.165) is 0 Å². The number of ether oxygens (including phenoxy) is 1. The molecule has 0 heterocycles. The Bertz CT molecular complexity index is 415. The summed E-state index contributed by atoms with van der Waals surface area (Å²) >= 11 is 0. The van der Waals surface area contributed by atoms with Crippen molar-refractivity contribution in [1.29, 1.82) is 0 Å². The molecule has 0 bridgehead atoms. The summed E-state index contributed by atoms with van der Waals surface area (Å²) in [6, 6.07) is 5.56. The minimum absolute atomic E-state index is 0.0453. The van der Waals surface area contributed by atoms with Crippen LogP contribution in [0.3, 0.4) is 0 Å². The predicted molar refractivity (Wildman–Crippen MR) is 58.0 cm³/mol. The maximum Gasteiger partial charge on any atom is 0.391 e. The number of aliphatic hydroxyl groups is 1. The molecule has 0 radical (unpaired) electrons. The van der Waals surface area contributed by atoms with Crippen LogP contribution in [0, 0.1) is 0 Å². The van der Waals surface area contributed by atoms with Crippen molar-refractivity contribution in [3.8, 4) is 0 Å². The van der Waals surface area contributed by atoms with Crippen molar-refractivity contribution in [2.75, 3.05) is 6.61 Å². The van der Waals surface area contributed by atoms with Crippen LogP contribution in [-0.4, -0.2) is 23.9 Å². The van der Waals surface area contributed by atoms with Crippen molar-refractivity contribution in [2.24, 2.45) is 0 Å². The van der Waals surface area contributed by atoms with Gasteiger partial charge in [0.1, 0.15) is 0 Å². The number of alkyl halides is 3. The fraction of sp³-hybridized carbons (Fsp3) is 0.417. The van der Waals surface area contributed by atoms with Gasteiger partial charge in [-0.2, -0.15) is 13.2 Å². The van der Waals surface area contributed by atoms with E-state index in [1.807, 2.05) is 0 Å². The number of aliphatic hydroxyl groups excluding tert-OH is 1. The summed E-state index contributed by atoms with van der Waals surface area (Å²) in [6.07, 6.45) is -7.67. The van der Waals surface area contributed by atoms with E-state index in [0.29, 0.717) is 0 Å². The fourth-order valence-electron chi connectivity index (χ4n) is 1.51. The molecule has 0 spiro atoms. The zero-order valence-electron chi connectivity index (χ0n) is 9.70. The summed E-state index contributed by atoms with van der Waals surface area (Å²) in [5.41, 5.74) is -0.121. The molecule has 1 rings (SSSR count). The van der Waals surface area contributed by atoms with Gasteiger partial charge in [-0.25, -0.2) is 4.79 Å². The molecule has 0 aliphatic carbocycles. The summed E-state index contributed by atoms with van der Waals surface area (Å²) in [5.74, 6) is -0.741. The van der Waals surface area contributed by atoms with Crippen LogP contribution in [0.5, 0.6) is 0 Å². The van der Waals surface area contributed by atoms with E-state index in [9.17, 15) is 23.1 Å². The third kappa shape index (κ3) is 4.03. The lowest BCUT2D eigenvalue weighted by molar-refractivity contribution is -0.154. The van der Waals surface area contributed by atoms with Gasteiger partial charge in [-0.3, -0.25) is 0 Å². The molecule has 0 saturated heterocycles. The van der Waals surface area contributed by atoms with Gasteiger partial charge in [-0.05, 0) is 18.6 Å². The smallest absolute Gasteiger partial charge is 0.391 e. The highest BCUT2D eigenvalue weighted by atomic mass is 19.4. The van der Waals surface area contributed by atoms with Gasteiger partial charge in [0.15, 0.2) is 0 Å². The van der Waals surface area contributed by atoms with Gasteiger partial charge >= 0.3 is 12.1 Å². The highest BCUT2D eigenvalue weighted by Crippen LogP contribution is 2.31. The van der Waals surface area contributed by atoms with Gasteiger partial charge in [0, 0.05) is 0 Å². The number of hydrogen-bond acceptors (Lipinski definition) is 3. The lowest BCUT2D eigenvalue weighted by Gasteiger charge is -2.16. The third-order valence-corrected chi connectivity index (χ3v) is 2.24. The van der Waals surface area contributed by atoms with Gasteiger partial charge in [0.2, 0.25) is 0 Å². The quantitative estimate of drug-likeness (QED) is 0.849. The first-order valence-corrected chi connectivity index (χ1v) is 5.36. The van der Waals surface area contributed by atoms with Crippen molar-refractivity contribution in [1.82, 2.24) is 0 Å². The first-order chi connectivity index (χ1) is 8.35. The maximum absolute atomic E-state index is 12.2. The van der Waals surface area contributed by atoms with Gasteiger partial charge in [-0.1, -0.05) is 18.2 Å². The number of carbonyl (C=O) groups is 1. The van der Waals surface area contributed by atoms with Gasteiger partial charge in [0.05, 0.1) is 24.7 Å². The second-order valence-corrected chi connectivity index (χ2v) is 3.64. The molecule has 1 aromatic carbocycles. The lowest BCUT2D eigenvalue weighted by atomic mass is 10.00. The van der Waals surface area contributed by atoms with Crippen LogP contribution in [0.25, 0.3) is 0 Å². The highest BCUT2D eigenvalue weighted by Gasteiger charge is 2.33. The summed E-state index contributed by atoms with van der Waals surface area (Å²) in [6.45, 7) is 1.70. The van der Waals surface area contributed by atoms with Crippen molar-refractivity contribution in [2.45, 2.75) is 25.6 Å². The van der Waals surface area contributed by atoms with Crippen LogP contribution >= 0.6 is 0 Å². The Morgan fingerprint density at radius 3 is 2.56 bits per heavy atom. The van der Waals surface area contributed by atoms with E-state index in [1.165, 1.54) is 24.3 Å². The third-order valence-electron chi connectivity index (χ3n) is 2.24. The van der Waals surface area contributed by atoms with Gasteiger partial charge in [-0.15, -0.1) is 0 Å². The molecule has 0 aromatic heterocycles. The van der Waals surface area contributed by atoms with Crippen LogP contribution in [0.4, 0.5) is 13.2 Å². The SMILES string of the molecule is CCOC(=O)c1ccccc1C(O)CC(F)(F)F. The maximum atomic E-state index is 12.2. The monoisotopic (exact) mass is 262 g/mol. The Morgan fingerprint density at radius 1 is 1.39 bits per heavy atom. The molecule has 0 amide bonds. The fourth-order valence-corrected chi connectivity index (χ4v) is 1.51. The second-order valence-electron chi connectivity index (χ2n) is 3.64. The molecule has 1 N–H and O–H groups in total. The number of hydrogen-bond donors (Lipinski definition) is 1. The van der Waals surface area contributed by atoms with Crippen LogP contribution < -0.4 is 0 Å². The Hall–Kier alpha value is -1.56. The minimum Gasteiger partial charge on any atom is -0.462 e. The Kier molecular flexibility index (Phi) is 4.72. The molecule has 0 aliphatic rings. The zero-order chi connectivity index (χ0) is 13.8. The molecule has 0 fully saturated rings. The molecule has 3 nitrogen and oxygen atoms in total. The second kappa shape index (κ2) is 5.86. The molecule has 6 heteroatoms. The molecular weight excluding hydrogens is 249 g/mol. The molecule has 0 aliphatic heterocycles. The number of carbonyl (C=O) groups excluding carboxylic acids is 1. The van der Waals surface area contributed by atoms with E-state index in [4.69, 9.17) is 4.74 Å². The molecule has 1 atom stereocenters. The van der Waals surface area contributed by atoms with Crippen molar-refractivity contribution >= 4 is 5.97 Å². The van der Waals surface area contributed by atoms with E-state index in [-0.39, 0.29) is 17.7 Å². The molecular formula is C12H13F3O3. The van der Waals surface area contributed by atoms with E-state index < -0.39 is 24.7 Å². The topological polar surface area (TPSA) is 46.5 Å². The first kappa shape index (κ1) is 14.5. The molecule has 18 heavy (non-hydrogen) atoms. The zero-order valence-corrected chi connectivity index (χ0v) is 9.70. The molecule has 1 unspecified atom stereocenters. The number of halogens is 3. The summed E-state index contributed by atoms with van der Waals surface area (Å²) in [5, 5.41) is 9.53. The average molecular weight is 262 g/mol. The largest absolute Gasteiger partial charge is 0.462 e. The Labute approximate surface area is 102 Å². The van der Waals surface area contributed by atoms with Crippen LogP contribution in [0.15, 0.2) is 24.3 Å². The Balaban J connectivity index is 2.98. The predicted octanol–water partition coefficient (Wildman–Crippen LogP) is 2.85. The van der Waals surface area contributed by atoms with Crippen LogP contribution in [0.1, 0.15) is 35.4 Å². The first-order valence-electron chi connectivity index (χ1n) is 5.36. The van der Waals surface area contributed by atoms with E-state index in [2.05, 4.69) is 0 Å². The number of rotatable bonds is 4. The average Bonchev–Trinajstić information content (AvgIpc) is 2.27. The van der Waals surface area contributed by atoms with E-state index >= 15 is 0 Å². The van der Waals surface area contributed by atoms with Crippen molar-refractivity contribution in [3.05, 3.63) is 35.4 Å². The normalized spacial score (nSPS) is 13.2. The number of esters is 1. The van der Waals surface area contributed by atoms with Crippen molar-refractivity contribution < 1.29 is 27.8 Å².